The van der Waals surface area contributed by atoms with Gasteiger partial charge in [0.15, 0.2) is 0 Å². The Morgan fingerprint density at radius 3 is 0.700 bits per heavy atom. The highest BCUT2D eigenvalue weighted by molar-refractivity contribution is 7.96. The van der Waals surface area contributed by atoms with Crippen LogP contribution in [0.3, 0.4) is 0 Å². The van der Waals surface area contributed by atoms with E-state index in [9.17, 15) is 0 Å². The number of rotatable bonds is 8. The van der Waals surface area contributed by atoms with E-state index in [-0.39, 0.29) is 31.3 Å². The van der Waals surface area contributed by atoms with E-state index in [0.29, 0.717) is 0 Å². The second-order valence-electron chi connectivity index (χ2n) is 7.85. The molecule has 1 saturated heterocycles. The Morgan fingerprint density at radius 2 is 0.600 bits per heavy atom. The highest BCUT2D eigenvalue weighted by Crippen LogP contribution is 2.44. The van der Waals surface area contributed by atoms with Crippen molar-refractivity contribution in [2.24, 2.45) is 0 Å². The molecular weight excluding hydrogens is 305 g/mol. The minimum Gasteiger partial charge on any atom is -0.0657 e. The third-order valence-electron chi connectivity index (χ3n) is 6.98. The lowest BCUT2D eigenvalue weighted by Gasteiger charge is -2.58. The van der Waals surface area contributed by atoms with Gasteiger partial charge in [0.1, 0.15) is 0 Å². The first-order valence-corrected chi connectivity index (χ1v) is 22.8. The van der Waals surface area contributed by atoms with Crippen LogP contribution in [0.15, 0.2) is 0 Å². The highest BCUT2D eigenvalue weighted by Gasteiger charge is 2.58. The van der Waals surface area contributed by atoms with E-state index in [1.54, 1.807) is 0 Å². The molecule has 0 aromatic heterocycles. The summed E-state index contributed by atoms with van der Waals surface area (Å²) in [7, 11) is -1.06. The van der Waals surface area contributed by atoms with E-state index in [4.69, 9.17) is 0 Å². The second kappa shape index (κ2) is 8.49. The highest BCUT2D eigenvalue weighted by atomic mass is 30.1. The molecule has 1 aliphatic heterocycles. The molecule has 20 heavy (non-hydrogen) atoms. The Kier molecular flexibility index (Phi) is 8.03. The van der Waals surface area contributed by atoms with Crippen LogP contribution in [-0.4, -0.2) is 31.3 Å². The van der Waals surface area contributed by atoms with Crippen molar-refractivity contribution in [3.63, 3.8) is 0 Å². The zero-order chi connectivity index (χ0) is 15.4. The fourth-order valence-corrected chi connectivity index (χ4v) is 122. The molecule has 0 saturated carbocycles. The first-order valence-electron chi connectivity index (χ1n) is 9.44. The minimum atomic E-state index is -0.264. The van der Waals surface area contributed by atoms with Crippen molar-refractivity contribution in [3.8, 4) is 0 Å². The third kappa shape index (κ3) is 3.61. The molecule has 0 amide bonds. The molecule has 120 valence electrons. The summed E-state index contributed by atoms with van der Waals surface area (Å²) in [5.74, 6) is 0. The summed E-state index contributed by atoms with van der Waals surface area (Å²) >= 11 is 0. The van der Waals surface area contributed by atoms with Crippen LogP contribution in [0.2, 0.25) is 22.2 Å². The first-order chi connectivity index (χ1) is 9.44. The lowest BCUT2D eigenvalue weighted by Crippen LogP contribution is -2.81. The van der Waals surface area contributed by atoms with Gasteiger partial charge in [-0.2, -0.15) is 0 Å². The van der Waals surface area contributed by atoms with Crippen LogP contribution in [-0.2, 0) is 0 Å². The predicted molar refractivity (Wildman–Crippen MR) is 107 cm³/mol. The molecule has 0 radical (unpaired) electrons. The monoisotopic (exact) mass is 344 g/mol. The molecule has 4 unspecified atom stereocenters. The summed E-state index contributed by atoms with van der Waals surface area (Å²) in [6.45, 7) is 20.6. The molecule has 0 bridgehead atoms. The zero-order valence-electron chi connectivity index (χ0n) is 15.4. The van der Waals surface area contributed by atoms with Gasteiger partial charge >= 0.3 is 0 Å². The zero-order valence-corrected chi connectivity index (χ0v) is 20.1. The Bertz CT molecular complexity index is 220. The molecule has 0 aromatic rings. The van der Waals surface area contributed by atoms with E-state index in [1.165, 1.54) is 47.8 Å². The molecular formula is C16H40Si4. The molecule has 0 N–H and O–H groups in total. The lowest BCUT2D eigenvalue weighted by molar-refractivity contribution is 0.828. The van der Waals surface area contributed by atoms with Crippen LogP contribution in [0.4, 0.5) is 0 Å². The first kappa shape index (κ1) is 18.9. The second-order valence-corrected chi connectivity index (χ2v) is 44.7. The van der Waals surface area contributed by atoms with Gasteiger partial charge < -0.3 is 0 Å². The van der Waals surface area contributed by atoms with Crippen LogP contribution in [0, 0.1) is 0 Å². The van der Waals surface area contributed by atoms with Crippen molar-refractivity contribution in [1.82, 2.24) is 0 Å². The van der Waals surface area contributed by atoms with Gasteiger partial charge in [0.25, 0.3) is 0 Å². The van der Waals surface area contributed by atoms with Crippen molar-refractivity contribution in [2.45, 2.75) is 103 Å². The summed E-state index contributed by atoms with van der Waals surface area (Å²) in [6, 6.07) is 0. The summed E-state index contributed by atoms with van der Waals surface area (Å²) in [6.07, 6.45) is 6.05. The largest absolute Gasteiger partial charge is 0.0657 e. The van der Waals surface area contributed by atoms with Crippen LogP contribution in [0.5, 0.6) is 0 Å². The normalized spacial score (nSPS) is 36.0. The molecule has 1 aliphatic rings. The molecule has 0 nitrogen and oxygen atoms in total. The summed E-state index contributed by atoms with van der Waals surface area (Å²) in [5, 5.41) is 0. The van der Waals surface area contributed by atoms with Crippen LogP contribution in [0.1, 0.15) is 81.1 Å². The van der Waals surface area contributed by atoms with Gasteiger partial charge in [-0.1, -0.05) is 103 Å². The molecule has 0 aromatic carbocycles. The molecule has 1 rings (SSSR count). The third-order valence-corrected chi connectivity index (χ3v) is 92.1. The molecule has 0 aliphatic carbocycles. The van der Waals surface area contributed by atoms with E-state index >= 15 is 0 Å². The summed E-state index contributed by atoms with van der Waals surface area (Å²) in [5.41, 5.74) is 4.83. The standard InChI is InChI=1S/C16H40Si4/c1-9-13(5)17-18(14(6)10-2)20(16(8)12-4)19(17)15(7)11-3/h13-20H,9-12H2,1-8H3. The van der Waals surface area contributed by atoms with Gasteiger partial charge in [-0.3, -0.25) is 0 Å². The summed E-state index contributed by atoms with van der Waals surface area (Å²) < 4.78 is 0. The molecule has 1 fully saturated rings. The Labute approximate surface area is 134 Å². The van der Waals surface area contributed by atoms with Gasteiger partial charge in [0, 0.05) is 31.3 Å². The SMILES string of the molecule is CCC(C)[SiH]1[SiH](C(C)CC)[SiH](C(C)CC)[SiH]1C(C)CC. The number of hydrogen-bond donors (Lipinski definition) is 0. The van der Waals surface area contributed by atoms with Crippen LogP contribution < -0.4 is 0 Å². The molecule has 1 heterocycles. The fraction of sp³-hybridized carbons (Fsp3) is 1.00. The van der Waals surface area contributed by atoms with E-state index in [1.807, 2.05) is 0 Å². The van der Waals surface area contributed by atoms with Crippen LogP contribution >= 0.6 is 0 Å². The average molecular weight is 345 g/mol. The van der Waals surface area contributed by atoms with Crippen molar-refractivity contribution in [1.29, 1.82) is 0 Å². The van der Waals surface area contributed by atoms with Gasteiger partial charge in [0.2, 0.25) is 0 Å². The fourth-order valence-electron chi connectivity index (χ4n) is 5.00. The van der Waals surface area contributed by atoms with Crippen LogP contribution in [0.25, 0.3) is 0 Å². The van der Waals surface area contributed by atoms with E-state index in [2.05, 4.69) is 55.4 Å². The maximum absolute atomic E-state index is 2.67. The Balaban J connectivity index is 3.03. The smallest absolute Gasteiger partial charge is 0.0183 e. The van der Waals surface area contributed by atoms with Gasteiger partial charge in [-0.15, -0.1) is 0 Å². The van der Waals surface area contributed by atoms with Crippen molar-refractivity contribution in [3.05, 3.63) is 0 Å². The molecule has 0 spiro atoms. The predicted octanol–water partition coefficient (Wildman–Crippen LogP) is 4.42. The Hall–Kier alpha value is 0.868. The quantitative estimate of drug-likeness (QED) is 0.572. The number of hydrogen-bond acceptors (Lipinski definition) is 0. The maximum atomic E-state index is 2.67. The maximum Gasteiger partial charge on any atom is 0.0183 e. The average Bonchev–Trinajstić information content (AvgIpc) is 2.44. The van der Waals surface area contributed by atoms with E-state index < -0.39 is 0 Å². The Morgan fingerprint density at radius 1 is 0.450 bits per heavy atom. The van der Waals surface area contributed by atoms with Crippen molar-refractivity contribution in [2.75, 3.05) is 0 Å². The van der Waals surface area contributed by atoms with Crippen molar-refractivity contribution < 1.29 is 0 Å². The van der Waals surface area contributed by atoms with E-state index in [0.717, 1.165) is 0 Å². The van der Waals surface area contributed by atoms with Gasteiger partial charge in [0.05, 0.1) is 0 Å². The summed E-state index contributed by atoms with van der Waals surface area (Å²) in [4.78, 5) is 0. The van der Waals surface area contributed by atoms with Gasteiger partial charge in [-0.05, 0) is 0 Å². The lowest BCUT2D eigenvalue weighted by atomic mass is 10.4. The van der Waals surface area contributed by atoms with Gasteiger partial charge in [-0.25, -0.2) is 0 Å². The molecule has 4 heteroatoms. The van der Waals surface area contributed by atoms with Crippen molar-refractivity contribution >= 4 is 31.3 Å². The topological polar surface area (TPSA) is 0 Å². The molecule has 4 atom stereocenters. The minimum absolute atomic E-state index is 0.264.